The molecule has 0 heterocycles. The monoisotopic (exact) mass is 315 g/mol. The second-order valence-electron chi connectivity index (χ2n) is 3.51. The Kier molecular flexibility index (Phi) is 5.60. The molecule has 1 aromatic rings. The van der Waals surface area contributed by atoms with Crippen LogP contribution in [0.15, 0.2) is 22.7 Å². The average molecular weight is 316 g/mol. The van der Waals surface area contributed by atoms with E-state index in [-0.39, 0.29) is 25.7 Å². The molecule has 0 spiro atoms. The second kappa shape index (κ2) is 6.97. The van der Waals surface area contributed by atoms with Gasteiger partial charge in [0.1, 0.15) is 6.61 Å². The molecule has 0 bridgehead atoms. The normalized spacial score (nSPS) is 10.1. The molecule has 0 atom stereocenters. The van der Waals surface area contributed by atoms with Gasteiger partial charge in [-0.2, -0.15) is 0 Å². The van der Waals surface area contributed by atoms with Gasteiger partial charge in [-0.1, -0.05) is 15.9 Å². The van der Waals surface area contributed by atoms with E-state index in [1.165, 1.54) is 0 Å². The van der Waals surface area contributed by atoms with E-state index >= 15 is 0 Å². The number of amides is 2. The lowest BCUT2D eigenvalue weighted by Gasteiger charge is -2.08. The van der Waals surface area contributed by atoms with E-state index in [1.807, 2.05) is 0 Å². The molecule has 0 aliphatic carbocycles. The summed E-state index contributed by atoms with van der Waals surface area (Å²) in [5.41, 5.74) is 11.4. The Hall–Kier alpha value is -1.60. The number of primary amides is 1. The Bertz CT molecular complexity index is 451. The van der Waals surface area contributed by atoms with Crippen LogP contribution in [0.25, 0.3) is 0 Å². The summed E-state index contributed by atoms with van der Waals surface area (Å²) in [7, 11) is 0. The Labute approximate surface area is 113 Å². The lowest BCUT2D eigenvalue weighted by Crippen LogP contribution is -2.29. The third-order valence-corrected chi connectivity index (χ3v) is 2.53. The molecule has 1 rings (SSSR count). The van der Waals surface area contributed by atoms with Gasteiger partial charge >= 0.3 is 0 Å². The first kappa shape index (κ1) is 14.5. The van der Waals surface area contributed by atoms with Crippen LogP contribution in [0.3, 0.4) is 0 Å². The lowest BCUT2D eigenvalue weighted by molar-refractivity contribution is -0.122. The summed E-state index contributed by atoms with van der Waals surface area (Å²) in [6.45, 7) is 0.329. The number of anilines is 1. The first-order valence-electron chi connectivity index (χ1n) is 5.20. The molecule has 0 radical (unpaired) electrons. The zero-order valence-electron chi connectivity index (χ0n) is 9.61. The van der Waals surface area contributed by atoms with Crippen LogP contribution >= 0.6 is 15.9 Å². The maximum absolute atomic E-state index is 11.8. The van der Waals surface area contributed by atoms with Gasteiger partial charge < -0.3 is 21.5 Å². The number of carbonyl (C=O) groups is 2. The molecule has 1 aromatic carbocycles. The van der Waals surface area contributed by atoms with Crippen molar-refractivity contribution in [2.75, 3.05) is 25.5 Å². The number of nitrogens with two attached hydrogens (primary N) is 2. The van der Waals surface area contributed by atoms with Gasteiger partial charge in [-0.3, -0.25) is 9.59 Å². The molecule has 0 aromatic heterocycles. The molecule has 5 N–H and O–H groups in total. The van der Waals surface area contributed by atoms with Crippen LogP contribution < -0.4 is 16.8 Å². The van der Waals surface area contributed by atoms with Crippen molar-refractivity contribution in [2.45, 2.75) is 0 Å². The summed E-state index contributed by atoms with van der Waals surface area (Å²) in [6, 6.07) is 5.03. The summed E-state index contributed by atoms with van der Waals surface area (Å²) < 4.78 is 5.68. The van der Waals surface area contributed by atoms with Crippen molar-refractivity contribution in [3.8, 4) is 0 Å². The van der Waals surface area contributed by atoms with Crippen LogP contribution in [-0.4, -0.2) is 31.6 Å². The molecule has 0 fully saturated rings. The molecule has 0 aliphatic heterocycles. The van der Waals surface area contributed by atoms with Crippen molar-refractivity contribution in [1.82, 2.24) is 5.32 Å². The van der Waals surface area contributed by atoms with Crippen molar-refractivity contribution in [2.24, 2.45) is 5.73 Å². The maximum Gasteiger partial charge on any atom is 0.253 e. The van der Waals surface area contributed by atoms with Crippen LogP contribution in [0.1, 0.15) is 10.4 Å². The van der Waals surface area contributed by atoms with Crippen molar-refractivity contribution < 1.29 is 14.3 Å². The van der Waals surface area contributed by atoms with Gasteiger partial charge in [-0.15, -0.1) is 0 Å². The summed E-state index contributed by atoms with van der Waals surface area (Å²) in [6.07, 6.45) is 0. The van der Waals surface area contributed by atoms with Crippen LogP contribution in [0, 0.1) is 0 Å². The number of carbonyl (C=O) groups excluding carboxylic acids is 2. The van der Waals surface area contributed by atoms with E-state index in [1.54, 1.807) is 18.2 Å². The molecule has 0 saturated heterocycles. The molecule has 6 nitrogen and oxygen atoms in total. The van der Waals surface area contributed by atoms with Gasteiger partial charge in [0.2, 0.25) is 5.91 Å². The quantitative estimate of drug-likeness (QED) is 0.517. The smallest absolute Gasteiger partial charge is 0.253 e. The largest absolute Gasteiger partial charge is 0.398 e. The fourth-order valence-electron chi connectivity index (χ4n) is 1.23. The maximum atomic E-state index is 11.8. The van der Waals surface area contributed by atoms with Crippen LogP contribution in [0.2, 0.25) is 0 Å². The topological polar surface area (TPSA) is 107 Å². The number of rotatable bonds is 6. The van der Waals surface area contributed by atoms with Gasteiger partial charge in [-0.25, -0.2) is 0 Å². The summed E-state index contributed by atoms with van der Waals surface area (Å²) in [4.78, 5) is 22.1. The molecular weight excluding hydrogens is 302 g/mol. The van der Waals surface area contributed by atoms with Crippen molar-refractivity contribution in [3.05, 3.63) is 28.2 Å². The highest BCUT2D eigenvalue weighted by Gasteiger charge is 2.09. The van der Waals surface area contributed by atoms with Gasteiger partial charge in [0.15, 0.2) is 0 Å². The van der Waals surface area contributed by atoms with E-state index in [2.05, 4.69) is 21.2 Å². The molecule has 0 saturated carbocycles. The van der Waals surface area contributed by atoms with Crippen molar-refractivity contribution in [3.63, 3.8) is 0 Å². The van der Waals surface area contributed by atoms with Gasteiger partial charge in [0, 0.05) is 16.7 Å². The van der Waals surface area contributed by atoms with Crippen molar-refractivity contribution in [1.29, 1.82) is 0 Å². The molecular formula is C11H14BrN3O3. The Morgan fingerprint density at radius 3 is 2.78 bits per heavy atom. The highest BCUT2D eigenvalue weighted by atomic mass is 79.9. The average Bonchev–Trinajstić information content (AvgIpc) is 2.31. The van der Waals surface area contributed by atoms with Gasteiger partial charge in [0.05, 0.1) is 12.2 Å². The molecule has 18 heavy (non-hydrogen) atoms. The minimum atomic E-state index is -0.544. The molecule has 0 unspecified atom stereocenters. The first-order valence-corrected chi connectivity index (χ1v) is 5.99. The second-order valence-corrected chi connectivity index (χ2v) is 4.42. The molecule has 98 valence electrons. The van der Waals surface area contributed by atoms with Crippen LogP contribution in [0.5, 0.6) is 0 Å². The third kappa shape index (κ3) is 4.72. The third-order valence-electron chi connectivity index (χ3n) is 2.04. The highest BCUT2D eigenvalue weighted by molar-refractivity contribution is 9.10. The number of nitrogen functional groups attached to an aromatic ring is 1. The summed E-state index contributed by atoms with van der Waals surface area (Å²) in [5, 5.41) is 2.62. The summed E-state index contributed by atoms with van der Waals surface area (Å²) in [5.74, 6) is -0.839. The number of hydrogen-bond donors (Lipinski definition) is 3. The van der Waals surface area contributed by atoms with Gasteiger partial charge in [-0.05, 0) is 18.2 Å². The van der Waals surface area contributed by atoms with E-state index in [9.17, 15) is 9.59 Å². The minimum Gasteiger partial charge on any atom is -0.398 e. The van der Waals surface area contributed by atoms with E-state index in [0.717, 1.165) is 4.47 Å². The van der Waals surface area contributed by atoms with Crippen LogP contribution in [0.4, 0.5) is 5.69 Å². The molecule has 2 amide bonds. The molecule has 7 heteroatoms. The van der Waals surface area contributed by atoms with E-state index in [0.29, 0.717) is 11.3 Å². The highest BCUT2D eigenvalue weighted by Crippen LogP contribution is 2.18. The van der Waals surface area contributed by atoms with Crippen LogP contribution in [-0.2, 0) is 9.53 Å². The summed E-state index contributed by atoms with van der Waals surface area (Å²) >= 11 is 3.26. The van der Waals surface area contributed by atoms with E-state index < -0.39 is 5.91 Å². The lowest BCUT2D eigenvalue weighted by atomic mass is 10.1. The number of ether oxygens (including phenoxy) is 1. The Morgan fingerprint density at radius 2 is 2.11 bits per heavy atom. The zero-order chi connectivity index (χ0) is 13.5. The number of hydrogen-bond acceptors (Lipinski definition) is 4. The fourth-order valence-corrected chi connectivity index (χ4v) is 1.59. The predicted molar refractivity (Wildman–Crippen MR) is 70.9 cm³/mol. The first-order chi connectivity index (χ1) is 8.50. The van der Waals surface area contributed by atoms with Crippen molar-refractivity contribution >= 4 is 33.4 Å². The fraction of sp³-hybridized carbons (Fsp3) is 0.273. The number of halogens is 1. The predicted octanol–water partition coefficient (Wildman–Crippen LogP) is 0.263. The van der Waals surface area contributed by atoms with Gasteiger partial charge in [0.25, 0.3) is 5.91 Å². The van der Waals surface area contributed by atoms with E-state index in [4.69, 9.17) is 16.2 Å². The Balaban J connectivity index is 2.41. The SMILES string of the molecule is NC(=O)COCCNC(=O)c1cc(Br)ccc1N. The number of nitrogens with one attached hydrogen (secondary N) is 1. The Morgan fingerprint density at radius 1 is 1.39 bits per heavy atom. The number of benzene rings is 1. The minimum absolute atomic E-state index is 0.158. The molecule has 0 aliphatic rings. The zero-order valence-corrected chi connectivity index (χ0v) is 11.2. The standard InChI is InChI=1S/C11H14BrN3O3/c12-7-1-2-9(13)8(5-7)11(17)15-3-4-18-6-10(14)16/h1-2,5H,3-4,6,13H2,(H2,14,16)(H,15,17).